The van der Waals surface area contributed by atoms with E-state index in [0.29, 0.717) is 23.9 Å². The smallest absolute Gasteiger partial charge is 0.123 e. The summed E-state index contributed by atoms with van der Waals surface area (Å²) >= 11 is 1.81. The van der Waals surface area contributed by atoms with Gasteiger partial charge in [0.25, 0.3) is 0 Å². The maximum Gasteiger partial charge on any atom is 0.123 e. The molecule has 3 heteroatoms. The van der Waals surface area contributed by atoms with E-state index in [9.17, 15) is 4.39 Å². The van der Waals surface area contributed by atoms with Gasteiger partial charge in [0, 0.05) is 17.0 Å². The largest absolute Gasteiger partial charge is 0.302 e. The molecule has 2 atom stereocenters. The summed E-state index contributed by atoms with van der Waals surface area (Å²) in [5, 5.41) is 5.98. The van der Waals surface area contributed by atoms with Crippen molar-refractivity contribution in [2.75, 3.05) is 0 Å². The highest BCUT2D eigenvalue weighted by Crippen LogP contribution is 2.43. The highest BCUT2D eigenvalue weighted by molar-refractivity contribution is 7.10. The number of halogens is 1. The Hall–Kier alpha value is -1.19. The molecule has 1 heterocycles. The Kier molecular flexibility index (Phi) is 4.41. The number of hydrogen-bond acceptors (Lipinski definition) is 2. The fraction of sp³-hybridized carbons (Fsp3) is 0.444. The molecule has 1 N–H and O–H groups in total. The second-order valence-corrected chi connectivity index (χ2v) is 7.25. The van der Waals surface area contributed by atoms with Gasteiger partial charge in [0.2, 0.25) is 0 Å². The van der Waals surface area contributed by atoms with Gasteiger partial charge in [-0.25, -0.2) is 4.39 Å². The standard InChI is InChI=1S/C18H22FNS/c1-12(2)17(16-4-3-11-21-16)20-18(13-5-6-13)14-7-9-15(19)10-8-14/h3-4,7-13,17-18,20H,5-6H2,1-2H3. The molecule has 1 aliphatic carbocycles. The van der Waals surface area contributed by atoms with Gasteiger partial charge in [-0.2, -0.15) is 0 Å². The maximum atomic E-state index is 13.2. The second-order valence-electron chi connectivity index (χ2n) is 6.27. The van der Waals surface area contributed by atoms with E-state index in [2.05, 4.69) is 36.7 Å². The normalized spacial score (nSPS) is 17.9. The zero-order valence-electron chi connectivity index (χ0n) is 12.6. The maximum absolute atomic E-state index is 13.2. The topological polar surface area (TPSA) is 12.0 Å². The SMILES string of the molecule is CC(C)C(NC(c1ccc(F)cc1)C1CC1)c1cccs1. The van der Waals surface area contributed by atoms with E-state index in [0.717, 1.165) is 0 Å². The average Bonchev–Trinajstić information content (AvgIpc) is 3.16. The first-order valence-electron chi connectivity index (χ1n) is 7.70. The molecule has 0 saturated heterocycles. The molecule has 1 aromatic heterocycles. The minimum absolute atomic E-state index is 0.160. The van der Waals surface area contributed by atoms with Crippen LogP contribution >= 0.6 is 11.3 Å². The average molecular weight is 303 g/mol. The van der Waals surface area contributed by atoms with Crippen molar-refractivity contribution >= 4 is 11.3 Å². The monoisotopic (exact) mass is 303 g/mol. The molecule has 1 aliphatic rings. The van der Waals surface area contributed by atoms with Gasteiger partial charge in [-0.1, -0.05) is 32.0 Å². The first-order chi connectivity index (χ1) is 10.1. The minimum Gasteiger partial charge on any atom is -0.302 e. The molecule has 1 fully saturated rings. The predicted octanol–water partition coefficient (Wildman–Crippen LogP) is 5.33. The molecule has 2 unspecified atom stereocenters. The van der Waals surface area contributed by atoms with Crippen LogP contribution in [-0.4, -0.2) is 0 Å². The van der Waals surface area contributed by atoms with E-state index < -0.39 is 0 Å². The molecule has 1 saturated carbocycles. The summed E-state index contributed by atoms with van der Waals surface area (Å²) in [6.07, 6.45) is 2.54. The predicted molar refractivity (Wildman–Crippen MR) is 86.9 cm³/mol. The van der Waals surface area contributed by atoms with E-state index >= 15 is 0 Å². The fourth-order valence-corrected chi connectivity index (χ4v) is 3.83. The molecule has 0 bridgehead atoms. The van der Waals surface area contributed by atoms with Crippen molar-refractivity contribution in [3.63, 3.8) is 0 Å². The second kappa shape index (κ2) is 6.29. The molecular formula is C18H22FNS. The first-order valence-corrected chi connectivity index (χ1v) is 8.58. The van der Waals surface area contributed by atoms with Crippen molar-refractivity contribution in [2.24, 2.45) is 11.8 Å². The molecular weight excluding hydrogens is 281 g/mol. The third-order valence-corrected chi connectivity index (χ3v) is 5.15. The van der Waals surface area contributed by atoms with Gasteiger partial charge in [-0.05, 0) is 53.8 Å². The molecule has 1 nitrogen and oxygen atoms in total. The summed E-state index contributed by atoms with van der Waals surface area (Å²) in [6, 6.07) is 12.0. The molecule has 3 rings (SSSR count). The Bertz CT molecular complexity index is 557. The summed E-state index contributed by atoms with van der Waals surface area (Å²) in [5.74, 6) is 1.06. The lowest BCUT2D eigenvalue weighted by molar-refractivity contribution is 0.346. The number of rotatable bonds is 6. The van der Waals surface area contributed by atoms with Gasteiger partial charge in [-0.3, -0.25) is 0 Å². The Labute approximate surface area is 130 Å². The lowest BCUT2D eigenvalue weighted by Gasteiger charge is -2.28. The van der Waals surface area contributed by atoms with Crippen molar-refractivity contribution in [1.82, 2.24) is 5.32 Å². The molecule has 0 amide bonds. The van der Waals surface area contributed by atoms with Crippen molar-refractivity contribution in [3.05, 3.63) is 58.0 Å². The van der Waals surface area contributed by atoms with E-state index in [1.54, 1.807) is 12.1 Å². The van der Waals surface area contributed by atoms with Crippen LogP contribution in [0.4, 0.5) is 4.39 Å². The van der Waals surface area contributed by atoms with Crippen LogP contribution in [0.25, 0.3) is 0 Å². The molecule has 1 aromatic carbocycles. The summed E-state index contributed by atoms with van der Waals surface area (Å²) in [7, 11) is 0. The van der Waals surface area contributed by atoms with Crippen molar-refractivity contribution < 1.29 is 4.39 Å². The highest BCUT2D eigenvalue weighted by Gasteiger charge is 2.34. The lowest BCUT2D eigenvalue weighted by atomic mass is 9.96. The van der Waals surface area contributed by atoms with Crippen LogP contribution in [0.2, 0.25) is 0 Å². The third-order valence-electron chi connectivity index (χ3n) is 4.20. The molecule has 0 aliphatic heterocycles. The number of benzene rings is 1. The molecule has 2 aromatic rings. The number of hydrogen-bond donors (Lipinski definition) is 1. The summed E-state index contributed by atoms with van der Waals surface area (Å²) in [4.78, 5) is 1.39. The van der Waals surface area contributed by atoms with Gasteiger partial charge >= 0.3 is 0 Å². The van der Waals surface area contributed by atoms with Gasteiger partial charge < -0.3 is 5.32 Å². The van der Waals surface area contributed by atoms with Gasteiger partial charge in [-0.15, -0.1) is 11.3 Å². The van der Waals surface area contributed by atoms with Crippen LogP contribution in [0.15, 0.2) is 41.8 Å². The number of thiophene rings is 1. The van der Waals surface area contributed by atoms with Gasteiger partial charge in [0.1, 0.15) is 5.82 Å². The van der Waals surface area contributed by atoms with Gasteiger partial charge in [0.15, 0.2) is 0 Å². The van der Waals surface area contributed by atoms with Crippen molar-refractivity contribution in [3.8, 4) is 0 Å². The Morgan fingerprint density at radius 1 is 1.14 bits per heavy atom. The van der Waals surface area contributed by atoms with Crippen LogP contribution in [0.5, 0.6) is 0 Å². The molecule has 21 heavy (non-hydrogen) atoms. The Morgan fingerprint density at radius 3 is 2.38 bits per heavy atom. The van der Waals surface area contributed by atoms with E-state index in [1.807, 2.05) is 23.5 Å². The summed E-state index contributed by atoms with van der Waals surface area (Å²) < 4.78 is 13.2. The fourth-order valence-electron chi connectivity index (χ4n) is 2.87. The van der Waals surface area contributed by atoms with Gasteiger partial charge in [0.05, 0.1) is 0 Å². The van der Waals surface area contributed by atoms with Crippen LogP contribution in [-0.2, 0) is 0 Å². The molecule has 112 valence electrons. The van der Waals surface area contributed by atoms with Crippen molar-refractivity contribution in [2.45, 2.75) is 38.8 Å². The lowest BCUT2D eigenvalue weighted by Crippen LogP contribution is -2.30. The summed E-state index contributed by atoms with van der Waals surface area (Å²) in [5.41, 5.74) is 1.21. The van der Waals surface area contributed by atoms with Crippen LogP contribution in [0, 0.1) is 17.7 Å². The van der Waals surface area contributed by atoms with E-state index in [-0.39, 0.29) is 5.82 Å². The first kappa shape index (κ1) is 14.7. The zero-order valence-corrected chi connectivity index (χ0v) is 13.4. The third kappa shape index (κ3) is 3.53. The molecule has 0 radical (unpaired) electrons. The Balaban J connectivity index is 1.82. The van der Waals surface area contributed by atoms with Crippen molar-refractivity contribution in [1.29, 1.82) is 0 Å². The number of nitrogens with one attached hydrogen (secondary N) is 1. The minimum atomic E-state index is -0.160. The van der Waals surface area contributed by atoms with E-state index in [1.165, 1.54) is 23.3 Å². The quantitative estimate of drug-likeness (QED) is 0.761. The van der Waals surface area contributed by atoms with Crippen LogP contribution < -0.4 is 5.32 Å². The molecule has 0 spiro atoms. The van der Waals surface area contributed by atoms with Crippen LogP contribution in [0.1, 0.15) is 49.2 Å². The highest BCUT2D eigenvalue weighted by atomic mass is 32.1. The Morgan fingerprint density at radius 2 is 1.86 bits per heavy atom. The van der Waals surface area contributed by atoms with E-state index in [4.69, 9.17) is 0 Å². The van der Waals surface area contributed by atoms with Crippen LogP contribution in [0.3, 0.4) is 0 Å². The summed E-state index contributed by atoms with van der Waals surface area (Å²) in [6.45, 7) is 4.51. The zero-order chi connectivity index (χ0) is 14.8.